The Morgan fingerprint density at radius 1 is 1.14 bits per heavy atom. The predicted molar refractivity (Wildman–Crippen MR) is 86.4 cm³/mol. The first-order valence-electron chi connectivity index (χ1n) is 7.40. The van der Waals surface area contributed by atoms with Gasteiger partial charge in [0.05, 0.1) is 0 Å². The van der Waals surface area contributed by atoms with E-state index in [-0.39, 0.29) is 17.9 Å². The summed E-state index contributed by atoms with van der Waals surface area (Å²) in [6.07, 6.45) is 1.75. The van der Waals surface area contributed by atoms with Gasteiger partial charge in [-0.3, -0.25) is 4.79 Å². The number of carbonyl (C=O) groups excluding carboxylic acids is 1. The lowest BCUT2D eigenvalue weighted by Gasteiger charge is -2.21. The van der Waals surface area contributed by atoms with Crippen molar-refractivity contribution in [2.24, 2.45) is 5.41 Å². The summed E-state index contributed by atoms with van der Waals surface area (Å²) in [7, 11) is 0. The molecule has 0 aliphatic carbocycles. The lowest BCUT2D eigenvalue weighted by molar-refractivity contribution is 0.0950. The van der Waals surface area contributed by atoms with Crippen LogP contribution in [0.15, 0.2) is 42.5 Å². The van der Waals surface area contributed by atoms with Crippen molar-refractivity contribution >= 4 is 16.7 Å². The number of aliphatic hydroxyl groups excluding tert-OH is 1. The van der Waals surface area contributed by atoms with Gasteiger partial charge in [0.1, 0.15) is 0 Å². The second-order valence-electron chi connectivity index (χ2n) is 6.21. The van der Waals surface area contributed by atoms with Gasteiger partial charge in [-0.15, -0.1) is 0 Å². The molecular weight excluding hydrogens is 262 g/mol. The molecule has 112 valence electrons. The highest BCUT2D eigenvalue weighted by atomic mass is 16.3. The number of hydrogen-bond acceptors (Lipinski definition) is 2. The molecule has 0 aromatic heterocycles. The maximum atomic E-state index is 12.3. The van der Waals surface area contributed by atoms with Crippen LogP contribution in [-0.4, -0.2) is 24.2 Å². The summed E-state index contributed by atoms with van der Waals surface area (Å²) in [5.41, 5.74) is 0.638. The molecule has 0 saturated carbocycles. The molecule has 0 aliphatic rings. The van der Waals surface area contributed by atoms with Crippen LogP contribution in [0.1, 0.15) is 37.0 Å². The van der Waals surface area contributed by atoms with Crippen molar-refractivity contribution in [1.29, 1.82) is 0 Å². The Balaban J connectivity index is 1.97. The van der Waals surface area contributed by atoms with E-state index in [0.717, 1.165) is 29.2 Å². The highest BCUT2D eigenvalue weighted by Gasteiger charge is 2.16. The highest BCUT2D eigenvalue weighted by molar-refractivity contribution is 6.06. The average Bonchev–Trinajstić information content (AvgIpc) is 2.51. The van der Waals surface area contributed by atoms with Gasteiger partial charge in [0.15, 0.2) is 0 Å². The van der Waals surface area contributed by atoms with Crippen molar-refractivity contribution in [2.45, 2.75) is 26.7 Å². The molecule has 2 aromatic carbocycles. The van der Waals surface area contributed by atoms with Gasteiger partial charge >= 0.3 is 0 Å². The Morgan fingerprint density at radius 2 is 1.86 bits per heavy atom. The van der Waals surface area contributed by atoms with Crippen molar-refractivity contribution < 1.29 is 9.90 Å². The van der Waals surface area contributed by atoms with E-state index in [0.29, 0.717) is 6.54 Å². The number of carbonyl (C=O) groups is 1. The van der Waals surface area contributed by atoms with Crippen LogP contribution in [0.25, 0.3) is 10.8 Å². The van der Waals surface area contributed by atoms with E-state index < -0.39 is 0 Å². The lowest BCUT2D eigenvalue weighted by Crippen LogP contribution is -2.26. The molecule has 0 radical (unpaired) electrons. The normalized spacial score (nSPS) is 11.6. The summed E-state index contributed by atoms with van der Waals surface area (Å²) >= 11 is 0. The summed E-state index contributed by atoms with van der Waals surface area (Å²) in [5.74, 6) is -0.0337. The smallest absolute Gasteiger partial charge is 0.251 e. The van der Waals surface area contributed by atoms with Crippen molar-refractivity contribution in [2.75, 3.05) is 13.2 Å². The maximum Gasteiger partial charge on any atom is 0.251 e. The van der Waals surface area contributed by atoms with Crippen LogP contribution in [0.2, 0.25) is 0 Å². The number of aliphatic hydroxyl groups is 1. The largest absolute Gasteiger partial charge is 0.396 e. The predicted octanol–water partition coefficient (Wildman–Crippen LogP) is 3.37. The monoisotopic (exact) mass is 285 g/mol. The van der Waals surface area contributed by atoms with E-state index in [1.54, 1.807) is 0 Å². The summed E-state index contributed by atoms with van der Waals surface area (Å²) in [5, 5.41) is 14.2. The number of fused-ring (bicyclic) bond motifs is 1. The second-order valence-corrected chi connectivity index (χ2v) is 6.21. The molecular formula is C18H23NO2. The number of benzene rings is 2. The third kappa shape index (κ3) is 4.05. The standard InChI is InChI=1S/C18H23NO2/c1-18(2,13-20)11-6-12-19-17(21)16-10-5-8-14-7-3-4-9-15(14)16/h3-5,7-10,20H,6,11-13H2,1-2H3,(H,19,21). The Hall–Kier alpha value is -1.87. The number of amides is 1. The van der Waals surface area contributed by atoms with Gasteiger partial charge in [-0.05, 0) is 35.1 Å². The molecule has 0 atom stereocenters. The first kappa shape index (κ1) is 15.5. The minimum absolute atomic E-state index is 0.0337. The Morgan fingerprint density at radius 3 is 2.62 bits per heavy atom. The topological polar surface area (TPSA) is 49.3 Å². The van der Waals surface area contributed by atoms with Crippen LogP contribution in [0.4, 0.5) is 0 Å². The third-order valence-electron chi connectivity index (χ3n) is 3.78. The van der Waals surface area contributed by atoms with Crippen LogP contribution in [0.5, 0.6) is 0 Å². The molecule has 0 saturated heterocycles. The lowest BCUT2D eigenvalue weighted by atomic mass is 9.89. The Kier molecular flexibility index (Phi) is 4.97. The van der Waals surface area contributed by atoms with Gasteiger partial charge in [0.25, 0.3) is 5.91 Å². The molecule has 0 bridgehead atoms. The van der Waals surface area contributed by atoms with Gasteiger partial charge in [-0.1, -0.05) is 50.2 Å². The number of rotatable bonds is 6. The zero-order valence-electron chi connectivity index (χ0n) is 12.7. The minimum atomic E-state index is -0.0792. The van der Waals surface area contributed by atoms with E-state index in [2.05, 4.69) is 5.32 Å². The van der Waals surface area contributed by atoms with E-state index in [4.69, 9.17) is 0 Å². The van der Waals surface area contributed by atoms with Crippen LogP contribution in [-0.2, 0) is 0 Å². The van der Waals surface area contributed by atoms with Gasteiger partial charge in [-0.25, -0.2) is 0 Å². The first-order valence-corrected chi connectivity index (χ1v) is 7.40. The molecule has 0 unspecified atom stereocenters. The van der Waals surface area contributed by atoms with E-state index in [1.165, 1.54) is 0 Å². The van der Waals surface area contributed by atoms with Gasteiger partial charge in [-0.2, -0.15) is 0 Å². The van der Waals surface area contributed by atoms with Gasteiger partial charge in [0.2, 0.25) is 0 Å². The van der Waals surface area contributed by atoms with E-state index in [9.17, 15) is 9.90 Å². The molecule has 0 heterocycles. The zero-order valence-corrected chi connectivity index (χ0v) is 12.7. The van der Waals surface area contributed by atoms with Crippen LogP contribution < -0.4 is 5.32 Å². The molecule has 2 aromatic rings. The van der Waals surface area contributed by atoms with Crippen LogP contribution >= 0.6 is 0 Å². The van der Waals surface area contributed by atoms with Crippen LogP contribution in [0, 0.1) is 5.41 Å². The fraction of sp³-hybridized carbons (Fsp3) is 0.389. The highest BCUT2D eigenvalue weighted by Crippen LogP contribution is 2.21. The van der Waals surface area contributed by atoms with Gasteiger partial charge < -0.3 is 10.4 Å². The van der Waals surface area contributed by atoms with E-state index in [1.807, 2.05) is 56.3 Å². The molecule has 3 heteroatoms. The van der Waals surface area contributed by atoms with Crippen molar-refractivity contribution in [3.05, 3.63) is 48.0 Å². The number of hydrogen-bond donors (Lipinski definition) is 2. The molecule has 0 aliphatic heterocycles. The van der Waals surface area contributed by atoms with E-state index >= 15 is 0 Å². The molecule has 0 fully saturated rings. The van der Waals surface area contributed by atoms with Crippen molar-refractivity contribution in [1.82, 2.24) is 5.32 Å². The summed E-state index contributed by atoms with van der Waals surface area (Å²) < 4.78 is 0. The molecule has 2 rings (SSSR count). The molecule has 2 N–H and O–H groups in total. The average molecular weight is 285 g/mol. The zero-order chi connectivity index (χ0) is 15.3. The van der Waals surface area contributed by atoms with Crippen molar-refractivity contribution in [3.8, 4) is 0 Å². The molecule has 3 nitrogen and oxygen atoms in total. The minimum Gasteiger partial charge on any atom is -0.396 e. The van der Waals surface area contributed by atoms with Gasteiger partial charge in [0, 0.05) is 18.7 Å². The van der Waals surface area contributed by atoms with Crippen molar-refractivity contribution in [3.63, 3.8) is 0 Å². The Labute approximate surface area is 126 Å². The summed E-state index contributed by atoms with van der Waals surface area (Å²) in [4.78, 5) is 12.3. The fourth-order valence-electron chi connectivity index (χ4n) is 2.37. The first-order chi connectivity index (χ1) is 10.0. The maximum absolute atomic E-state index is 12.3. The summed E-state index contributed by atoms with van der Waals surface area (Å²) in [6, 6.07) is 13.7. The molecule has 0 spiro atoms. The Bertz CT molecular complexity index is 614. The van der Waals surface area contributed by atoms with Crippen LogP contribution in [0.3, 0.4) is 0 Å². The SMILES string of the molecule is CC(C)(CO)CCCNC(=O)c1cccc2ccccc12. The number of nitrogens with one attached hydrogen (secondary N) is 1. The second kappa shape index (κ2) is 6.72. The molecule has 21 heavy (non-hydrogen) atoms. The third-order valence-corrected chi connectivity index (χ3v) is 3.78. The fourth-order valence-corrected chi connectivity index (χ4v) is 2.37. The summed E-state index contributed by atoms with van der Waals surface area (Å²) in [6.45, 7) is 4.86. The quantitative estimate of drug-likeness (QED) is 0.799. The molecule has 1 amide bonds.